The van der Waals surface area contributed by atoms with Crippen LogP contribution in [0, 0.1) is 0 Å². The molecule has 1 N–H and O–H groups in total. The quantitative estimate of drug-likeness (QED) is 0.745. The molecule has 1 atom stereocenters. The molecule has 2 aliphatic rings. The fraction of sp³-hybridized carbons (Fsp3) is 0.706. The molecule has 2 fully saturated rings. The Morgan fingerprint density at radius 3 is 2.90 bits per heavy atom. The van der Waals surface area contributed by atoms with Crippen molar-refractivity contribution in [2.45, 2.75) is 57.3 Å². The van der Waals surface area contributed by atoms with Crippen LogP contribution in [0.15, 0.2) is 18.2 Å². The van der Waals surface area contributed by atoms with E-state index in [1.807, 2.05) is 0 Å². The van der Waals surface area contributed by atoms with E-state index in [4.69, 9.17) is 4.74 Å². The fourth-order valence-electron chi connectivity index (χ4n) is 2.98. The van der Waals surface area contributed by atoms with E-state index in [0.717, 1.165) is 37.0 Å². The van der Waals surface area contributed by atoms with Crippen LogP contribution in [0.2, 0.25) is 0 Å². The van der Waals surface area contributed by atoms with E-state index in [0.29, 0.717) is 12.6 Å². The smallest absolute Gasteiger partial charge is 0.0887 e. The van der Waals surface area contributed by atoms with Gasteiger partial charge in [0, 0.05) is 25.2 Å². The highest BCUT2D eigenvalue weighted by atomic mass is 16.5. The molecule has 3 rings (SSSR count). The van der Waals surface area contributed by atoms with Gasteiger partial charge in [0.15, 0.2) is 0 Å². The van der Waals surface area contributed by atoms with Gasteiger partial charge in [-0.3, -0.25) is 4.98 Å². The van der Waals surface area contributed by atoms with Gasteiger partial charge in [0.25, 0.3) is 0 Å². The lowest BCUT2D eigenvalue weighted by atomic mass is 10.1. The van der Waals surface area contributed by atoms with E-state index in [1.54, 1.807) is 0 Å². The lowest BCUT2D eigenvalue weighted by molar-refractivity contribution is 0.0992. The molecule has 1 unspecified atom stereocenters. The third-order valence-corrected chi connectivity index (χ3v) is 4.53. The third-order valence-electron chi connectivity index (χ3n) is 4.53. The molecule has 0 aromatic carbocycles. The van der Waals surface area contributed by atoms with Gasteiger partial charge in [-0.15, -0.1) is 0 Å². The fourth-order valence-corrected chi connectivity index (χ4v) is 2.98. The lowest BCUT2D eigenvalue weighted by Crippen LogP contribution is -2.26. The Hall–Kier alpha value is -0.970. The molecule has 0 radical (unpaired) electrons. The maximum absolute atomic E-state index is 5.81. The van der Waals surface area contributed by atoms with Crippen molar-refractivity contribution in [2.75, 3.05) is 20.2 Å². The van der Waals surface area contributed by atoms with E-state index in [1.165, 1.54) is 32.2 Å². The van der Waals surface area contributed by atoms with Gasteiger partial charge in [-0.25, -0.2) is 0 Å². The second kappa shape index (κ2) is 7.34. The number of nitrogens with one attached hydrogen (secondary N) is 1. The molecule has 0 amide bonds. The molecule has 0 bridgehead atoms. The van der Waals surface area contributed by atoms with Crippen LogP contribution < -0.4 is 5.32 Å². The number of aromatic nitrogens is 1. The molecule has 2 heterocycles. The predicted octanol–water partition coefficient (Wildman–Crippen LogP) is 2.33. The molecule has 1 aromatic heterocycles. The minimum Gasteiger partial charge on any atom is -0.375 e. The Kier molecular flexibility index (Phi) is 5.22. The molecule has 4 heteroatoms. The summed E-state index contributed by atoms with van der Waals surface area (Å²) in [6, 6.07) is 7.68. The molecule has 1 saturated heterocycles. The Balaban J connectivity index is 1.36. The molecule has 1 saturated carbocycles. The van der Waals surface area contributed by atoms with Gasteiger partial charge >= 0.3 is 0 Å². The van der Waals surface area contributed by atoms with E-state index in [9.17, 15) is 0 Å². The highest BCUT2D eigenvalue weighted by Crippen LogP contribution is 2.19. The standard InChI is InChI=1S/C17H27N3O/c1-20-10-3-6-17(20)9-11-21-13-16-5-2-4-15(19-16)12-18-14-7-8-14/h2,4-5,14,17-18H,3,6-13H2,1H3. The van der Waals surface area contributed by atoms with Crippen LogP contribution >= 0.6 is 0 Å². The largest absolute Gasteiger partial charge is 0.375 e. The minimum atomic E-state index is 0.633. The number of nitrogens with zero attached hydrogens (tertiary/aromatic N) is 2. The van der Waals surface area contributed by atoms with Crippen LogP contribution in [-0.2, 0) is 17.9 Å². The first kappa shape index (κ1) is 14.9. The average Bonchev–Trinajstić information content (AvgIpc) is 3.24. The zero-order valence-corrected chi connectivity index (χ0v) is 13.1. The maximum Gasteiger partial charge on any atom is 0.0887 e. The van der Waals surface area contributed by atoms with Gasteiger partial charge in [0.05, 0.1) is 18.0 Å². The lowest BCUT2D eigenvalue weighted by Gasteiger charge is -2.18. The van der Waals surface area contributed by atoms with Crippen molar-refractivity contribution in [3.8, 4) is 0 Å². The number of pyridine rings is 1. The number of ether oxygens (including phenoxy) is 1. The summed E-state index contributed by atoms with van der Waals surface area (Å²) in [5, 5.41) is 3.50. The molecule has 1 aliphatic carbocycles. The zero-order valence-electron chi connectivity index (χ0n) is 13.1. The van der Waals surface area contributed by atoms with Crippen LogP contribution in [0.5, 0.6) is 0 Å². The molecule has 21 heavy (non-hydrogen) atoms. The van der Waals surface area contributed by atoms with Gasteiger partial charge in [-0.1, -0.05) is 6.07 Å². The monoisotopic (exact) mass is 289 g/mol. The van der Waals surface area contributed by atoms with Gasteiger partial charge in [0.1, 0.15) is 0 Å². The third kappa shape index (κ3) is 4.77. The second-order valence-corrected chi connectivity index (χ2v) is 6.39. The van der Waals surface area contributed by atoms with Crippen LogP contribution in [-0.4, -0.2) is 42.2 Å². The van der Waals surface area contributed by atoms with E-state index in [-0.39, 0.29) is 0 Å². The number of rotatable bonds is 8. The summed E-state index contributed by atoms with van der Waals surface area (Å²) in [6.45, 7) is 3.59. The highest BCUT2D eigenvalue weighted by Gasteiger charge is 2.20. The molecule has 0 spiro atoms. The summed E-state index contributed by atoms with van der Waals surface area (Å²) < 4.78 is 5.81. The Morgan fingerprint density at radius 2 is 2.14 bits per heavy atom. The first-order valence-electron chi connectivity index (χ1n) is 8.27. The van der Waals surface area contributed by atoms with Gasteiger partial charge in [0.2, 0.25) is 0 Å². The van der Waals surface area contributed by atoms with Crippen molar-refractivity contribution in [3.63, 3.8) is 0 Å². The Morgan fingerprint density at radius 1 is 1.29 bits per heavy atom. The summed E-state index contributed by atoms with van der Waals surface area (Å²) in [4.78, 5) is 7.11. The summed E-state index contributed by atoms with van der Waals surface area (Å²) >= 11 is 0. The summed E-state index contributed by atoms with van der Waals surface area (Å²) in [6.07, 6.45) is 6.43. The van der Waals surface area contributed by atoms with Crippen molar-refractivity contribution in [3.05, 3.63) is 29.6 Å². The number of likely N-dealkylation sites (tertiary alicyclic amines) is 1. The average molecular weight is 289 g/mol. The number of hydrogen-bond acceptors (Lipinski definition) is 4. The van der Waals surface area contributed by atoms with Crippen molar-refractivity contribution in [2.24, 2.45) is 0 Å². The van der Waals surface area contributed by atoms with E-state index < -0.39 is 0 Å². The SMILES string of the molecule is CN1CCCC1CCOCc1cccc(CNC2CC2)n1. The Labute approximate surface area is 127 Å². The van der Waals surface area contributed by atoms with Crippen LogP contribution in [0.4, 0.5) is 0 Å². The summed E-state index contributed by atoms with van der Waals surface area (Å²) in [5.74, 6) is 0. The van der Waals surface area contributed by atoms with Crippen LogP contribution in [0.3, 0.4) is 0 Å². The van der Waals surface area contributed by atoms with Crippen molar-refractivity contribution in [1.82, 2.24) is 15.2 Å². The second-order valence-electron chi connectivity index (χ2n) is 6.39. The minimum absolute atomic E-state index is 0.633. The maximum atomic E-state index is 5.81. The van der Waals surface area contributed by atoms with Crippen LogP contribution in [0.25, 0.3) is 0 Å². The summed E-state index contributed by atoms with van der Waals surface area (Å²) in [7, 11) is 2.22. The van der Waals surface area contributed by atoms with Crippen molar-refractivity contribution >= 4 is 0 Å². The first-order valence-corrected chi connectivity index (χ1v) is 8.27. The molecular formula is C17H27N3O. The highest BCUT2D eigenvalue weighted by molar-refractivity contribution is 5.11. The van der Waals surface area contributed by atoms with Crippen molar-refractivity contribution in [1.29, 1.82) is 0 Å². The Bertz CT molecular complexity index is 447. The molecular weight excluding hydrogens is 262 g/mol. The normalized spacial score (nSPS) is 22.8. The molecule has 1 aliphatic heterocycles. The van der Waals surface area contributed by atoms with E-state index in [2.05, 4.69) is 40.4 Å². The zero-order chi connectivity index (χ0) is 14.5. The summed E-state index contributed by atoms with van der Waals surface area (Å²) in [5.41, 5.74) is 2.17. The molecule has 1 aromatic rings. The van der Waals surface area contributed by atoms with Crippen LogP contribution in [0.1, 0.15) is 43.5 Å². The first-order chi connectivity index (χ1) is 10.3. The molecule has 4 nitrogen and oxygen atoms in total. The predicted molar refractivity (Wildman–Crippen MR) is 84.0 cm³/mol. The van der Waals surface area contributed by atoms with Gasteiger partial charge < -0.3 is 15.0 Å². The molecule has 116 valence electrons. The van der Waals surface area contributed by atoms with Crippen molar-refractivity contribution < 1.29 is 4.74 Å². The van der Waals surface area contributed by atoms with Gasteiger partial charge in [-0.05, 0) is 57.8 Å². The number of hydrogen-bond donors (Lipinski definition) is 1. The van der Waals surface area contributed by atoms with Gasteiger partial charge in [-0.2, -0.15) is 0 Å². The topological polar surface area (TPSA) is 37.4 Å². The van der Waals surface area contributed by atoms with E-state index >= 15 is 0 Å².